The molecular formula is C14H20N2O3. The second-order valence-corrected chi connectivity index (χ2v) is 4.10. The molecule has 0 fully saturated rings. The first-order valence-electron chi connectivity index (χ1n) is 6.37. The summed E-state index contributed by atoms with van der Waals surface area (Å²) in [6, 6.07) is 9.39. The molecule has 5 nitrogen and oxygen atoms in total. The van der Waals surface area contributed by atoms with Crippen molar-refractivity contribution in [1.82, 2.24) is 10.6 Å². The summed E-state index contributed by atoms with van der Waals surface area (Å²) in [5.74, 6) is 0.669. The molecule has 0 radical (unpaired) electrons. The lowest BCUT2D eigenvalue weighted by molar-refractivity contribution is -0.121. The van der Waals surface area contributed by atoms with E-state index in [4.69, 9.17) is 4.74 Å². The number of ether oxygens (including phenoxy) is 1. The Hall–Kier alpha value is -2.04. The van der Waals surface area contributed by atoms with E-state index >= 15 is 0 Å². The Morgan fingerprint density at radius 2 is 1.79 bits per heavy atom. The van der Waals surface area contributed by atoms with Gasteiger partial charge in [0.05, 0.1) is 13.0 Å². The molecule has 0 aromatic heterocycles. The zero-order chi connectivity index (χ0) is 13.9. The van der Waals surface area contributed by atoms with E-state index in [0.717, 1.165) is 12.2 Å². The highest BCUT2D eigenvalue weighted by molar-refractivity contribution is 5.76. The summed E-state index contributed by atoms with van der Waals surface area (Å²) in [4.78, 5) is 22.1. The van der Waals surface area contributed by atoms with Crippen molar-refractivity contribution >= 4 is 11.8 Å². The summed E-state index contributed by atoms with van der Waals surface area (Å²) < 4.78 is 5.42. The van der Waals surface area contributed by atoms with Crippen LogP contribution in [0, 0.1) is 0 Å². The van der Waals surface area contributed by atoms with Crippen molar-refractivity contribution in [3.8, 4) is 5.75 Å². The quantitative estimate of drug-likeness (QED) is 0.691. The van der Waals surface area contributed by atoms with Crippen molar-refractivity contribution in [1.29, 1.82) is 0 Å². The Kier molecular flexibility index (Phi) is 7.09. The number of hydrogen-bond acceptors (Lipinski definition) is 3. The second kappa shape index (κ2) is 8.97. The van der Waals surface area contributed by atoms with E-state index in [2.05, 4.69) is 10.6 Å². The maximum absolute atomic E-state index is 11.5. The molecular weight excluding hydrogens is 244 g/mol. The molecule has 0 atom stereocenters. The summed E-state index contributed by atoms with van der Waals surface area (Å²) in [6.45, 7) is 2.97. The molecule has 0 unspecified atom stereocenters. The van der Waals surface area contributed by atoms with Crippen LogP contribution in [0.4, 0.5) is 0 Å². The van der Waals surface area contributed by atoms with Gasteiger partial charge in [0.2, 0.25) is 11.8 Å². The van der Waals surface area contributed by atoms with E-state index < -0.39 is 0 Å². The molecule has 2 amide bonds. The van der Waals surface area contributed by atoms with Gasteiger partial charge in [-0.2, -0.15) is 0 Å². The van der Waals surface area contributed by atoms with Crippen LogP contribution in [0.2, 0.25) is 0 Å². The van der Waals surface area contributed by atoms with Gasteiger partial charge in [0.25, 0.3) is 0 Å². The van der Waals surface area contributed by atoms with E-state index in [1.807, 2.05) is 30.3 Å². The fraction of sp³-hybridized carbons (Fsp3) is 0.429. The van der Waals surface area contributed by atoms with Crippen LogP contribution < -0.4 is 15.4 Å². The maximum Gasteiger partial charge on any atom is 0.223 e. The summed E-state index contributed by atoms with van der Waals surface area (Å²) in [6.07, 6.45) is 1.06. The van der Waals surface area contributed by atoms with Gasteiger partial charge in [-0.15, -0.1) is 0 Å². The monoisotopic (exact) mass is 264 g/mol. The van der Waals surface area contributed by atoms with Gasteiger partial charge in [0.1, 0.15) is 5.75 Å². The molecule has 0 aliphatic carbocycles. The zero-order valence-electron chi connectivity index (χ0n) is 11.1. The van der Waals surface area contributed by atoms with Gasteiger partial charge >= 0.3 is 0 Å². The standard InChI is InChI=1S/C14H20N2O3/c1-12(17)15-9-5-10-16-14(18)8-11-19-13-6-3-2-4-7-13/h2-4,6-7H,5,8-11H2,1H3,(H,15,17)(H,16,18). The van der Waals surface area contributed by atoms with Gasteiger partial charge in [0, 0.05) is 20.0 Å². The van der Waals surface area contributed by atoms with Crippen molar-refractivity contribution in [3.63, 3.8) is 0 Å². The number of hydrogen-bond donors (Lipinski definition) is 2. The molecule has 19 heavy (non-hydrogen) atoms. The van der Waals surface area contributed by atoms with Crippen LogP contribution >= 0.6 is 0 Å². The molecule has 0 saturated carbocycles. The van der Waals surface area contributed by atoms with Crippen LogP contribution in [-0.4, -0.2) is 31.5 Å². The predicted octanol–water partition coefficient (Wildman–Crippen LogP) is 1.10. The molecule has 0 aliphatic rings. The first-order valence-corrected chi connectivity index (χ1v) is 6.37. The Labute approximate surface area is 113 Å². The topological polar surface area (TPSA) is 67.4 Å². The van der Waals surface area contributed by atoms with Crippen LogP contribution in [0.1, 0.15) is 19.8 Å². The predicted molar refractivity (Wildman–Crippen MR) is 72.9 cm³/mol. The minimum Gasteiger partial charge on any atom is -0.493 e. The zero-order valence-corrected chi connectivity index (χ0v) is 11.1. The number of carbonyl (C=O) groups excluding carboxylic acids is 2. The highest BCUT2D eigenvalue weighted by Gasteiger charge is 2.01. The van der Waals surface area contributed by atoms with E-state index in [1.54, 1.807) is 0 Å². The van der Waals surface area contributed by atoms with E-state index in [9.17, 15) is 9.59 Å². The fourth-order valence-electron chi connectivity index (χ4n) is 1.45. The number of amides is 2. The van der Waals surface area contributed by atoms with Crippen molar-refractivity contribution in [3.05, 3.63) is 30.3 Å². The first-order chi connectivity index (χ1) is 9.18. The van der Waals surface area contributed by atoms with Crippen LogP contribution in [0.25, 0.3) is 0 Å². The van der Waals surface area contributed by atoms with Gasteiger partial charge in [0.15, 0.2) is 0 Å². The third-order valence-electron chi connectivity index (χ3n) is 2.39. The molecule has 1 aromatic rings. The van der Waals surface area contributed by atoms with Crippen molar-refractivity contribution < 1.29 is 14.3 Å². The third kappa shape index (κ3) is 7.81. The van der Waals surface area contributed by atoms with E-state index in [-0.39, 0.29) is 11.8 Å². The van der Waals surface area contributed by atoms with Gasteiger partial charge in [-0.25, -0.2) is 0 Å². The van der Waals surface area contributed by atoms with E-state index in [1.165, 1.54) is 6.92 Å². The van der Waals surface area contributed by atoms with Gasteiger partial charge in [-0.05, 0) is 18.6 Å². The molecule has 1 aromatic carbocycles. The van der Waals surface area contributed by atoms with Gasteiger partial charge < -0.3 is 15.4 Å². The number of nitrogens with one attached hydrogen (secondary N) is 2. The molecule has 104 valence electrons. The second-order valence-electron chi connectivity index (χ2n) is 4.10. The molecule has 5 heteroatoms. The Bertz CT molecular complexity index is 393. The molecule has 0 aliphatic heterocycles. The SMILES string of the molecule is CC(=O)NCCCNC(=O)CCOc1ccccc1. The molecule has 0 saturated heterocycles. The highest BCUT2D eigenvalue weighted by Crippen LogP contribution is 2.08. The lowest BCUT2D eigenvalue weighted by Gasteiger charge is -2.07. The average molecular weight is 264 g/mol. The molecule has 0 heterocycles. The van der Waals surface area contributed by atoms with Crippen molar-refractivity contribution in [2.75, 3.05) is 19.7 Å². The largest absolute Gasteiger partial charge is 0.493 e. The summed E-state index contributed by atoms with van der Waals surface area (Å²) in [5.41, 5.74) is 0. The first kappa shape index (κ1) is 15.0. The van der Waals surface area contributed by atoms with Crippen molar-refractivity contribution in [2.45, 2.75) is 19.8 Å². The van der Waals surface area contributed by atoms with Crippen LogP contribution in [0.15, 0.2) is 30.3 Å². The Morgan fingerprint density at radius 3 is 2.47 bits per heavy atom. The van der Waals surface area contributed by atoms with Crippen LogP contribution in [0.5, 0.6) is 5.75 Å². The highest BCUT2D eigenvalue weighted by atomic mass is 16.5. The molecule has 0 bridgehead atoms. The molecule has 1 rings (SSSR count). The number of para-hydroxylation sites is 1. The number of rotatable bonds is 8. The Morgan fingerprint density at radius 1 is 1.11 bits per heavy atom. The summed E-state index contributed by atoms with van der Waals surface area (Å²) >= 11 is 0. The minimum atomic E-state index is -0.0532. The van der Waals surface area contributed by atoms with E-state index in [0.29, 0.717) is 26.1 Å². The van der Waals surface area contributed by atoms with Crippen molar-refractivity contribution in [2.24, 2.45) is 0 Å². The number of benzene rings is 1. The van der Waals surface area contributed by atoms with Gasteiger partial charge in [-0.1, -0.05) is 18.2 Å². The average Bonchev–Trinajstić information content (AvgIpc) is 2.39. The third-order valence-corrected chi connectivity index (χ3v) is 2.39. The molecule has 0 spiro atoms. The fourth-order valence-corrected chi connectivity index (χ4v) is 1.45. The normalized spacial score (nSPS) is 9.74. The lowest BCUT2D eigenvalue weighted by Crippen LogP contribution is -2.29. The summed E-state index contributed by atoms with van der Waals surface area (Å²) in [7, 11) is 0. The summed E-state index contributed by atoms with van der Waals surface area (Å²) in [5, 5.41) is 5.44. The van der Waals surface area contributed by atoms with Gasteiger partial charge in [-0.3, -0.25) is 9.59 Å². The molecule has 2 N–H and O–H groups in total. The lowest BCUT2D eigenvalue weighted by atomic mass is 10.3. The number of carbonyl (C=O) groups is 2. The van der Waals surface area contributed by atoms with Crippen LogP contribution in [0.3, 0.4) is 0 Å². The minimum absolute atomic E-state index is 0.0428. The maximum atomic E-state index is 11.5. The smallest absolute Gasteiger partial charge is 0.223 e. The van der Waals surface area contributed by atoms with Crippen LogP contribution in [-0.2, 0) is 9.59 Å². The Balaban J connectivity index is 2.01.